The van der Waals surface area contributed by atoms with Gasteiger partial charge in [0.2, 0.25) is 12.4 Å². The van der Waals surface area contributed by atoms with Gasteiger partial charge in [0.05, 0.1) is 20.5 Å². The Morgan fingerprint density at radius 2 is 1.03 bits per heavy atom. The minimum absolute atomic E-state index is 0.0396. The summed E-state index contributed by atoms with van der Waals surface area (Å²) in [4.78, 5) is 7.45. The van der Waals surface area contributed by atoms with Gasteiger partial charge in [-0.05, 0) is 35.0 Å². The normalized spacial score (nSPS) is 14.1. The van der Waals surface area contributed by atoms with Gasteiger partial charge in [-0.2, -0.15) is 46.9 Å². The third-order valence-corrected chi connectivity index (χ3v) is 6.61. The standard InChI is InChI=1S/C22H6F6N4S/c23-21(24,25)9-1-3-11-13(5-9)17(31-7-29)19-15(11)16-12-4-2-10(22(26,27)28)6-14(12)18(32-8-30)20(16)33-19/h1-6H. The van der Waals surface area contributed by atoms with Crippen molar-refractivity contribution in [3.05, 3.63) is 58.2 Å². The Morgan fingerprint density at radius 3 is 1.36 bits per heavy atom. The minimum atomic E-state index is -4.61. The zero-order valence-corrected chi connectivity index (χ0v) is 16.7. The summed E-state index contributed by atoms with van der Waals surface area (Å²) >= 11 is 1.02. The zero-order chi connectivity index (χ0) is 23.7. The SMILES string of the molecule is N#CN=c1c2cc(C(F)(F)F)ccc2c2c1sc1c(=NC#N)c3cc(C(F)(F)F)ccc3c12. The van der Waals surface area contributed by atoms with E-state index < -0.39 is 23.5 Å². The summed E-state index contributed by atoms with van der Waals surface area (Å²) in [6, 6.07) is 6.11. The number of fused-ring (bicyclic) bond motifs is 7. The van der Waals surface area contributed by atoms with Gasteiger partial charge in [0.1, 0.15) is 10.7 Å². The van der Waals surface area contributed by atoms with Crippen LogP contribution in [0.4, 0.5) is 26.3 Å². The van der Waals surface area contributed by atoms with Crippen molar-refractivity contribution in [1.29, 1.82) is 10.5 Å². The summed E-state index contributed by atoms with van der Waals surface area (Å²) in [6.07, 6.45) is -6.03. The second-order valence-electron chi connectivity index (χ2n) is 7.15. The lowest BCUT2D eigenvalue weighted by Gasteiger charge is -2.06. The van der Waals surface area contributed by atoms with E-state index in [0.29, 0.717) is 30.9 Å². The lowest BCUT2D eigenvalue weighted by molar-refractivity contribution is -0.138. The number of hydrogen-bond donors (Lipinski definition) is 0. The molecular weight excluding hydrogens is 466 g/mol. The van der Waals surface area contributed by atoms with Crippen LogP contribution in [0.25, 0.3) is 41.7 Å². The molecule has 0 unspecified atom stereocenters. The first-order valence-electron chi connectivity index (χ1n) is 9.11. The van der Waals surface area contributed by atoms with Crippen molar-refractivity contribution in [1.82, 2.24) is 0 Å². The van der Waals surface area contributed by atoms with E-state index in [1.165, 1.54) is 12.1 Å². The topological polar surface area (TPSA) is 72.3 Å². The quantitative estimate of drug-likeness (QED) is 0.204. The first kappa shape index (κ1) is 20.9. The van der Waals surface area contributed by atoms with Crippen molar-refractivity contribution in [2.75, 3.05) is 0 Å². The van der Waals surface area contributed by atoms with E-state index in [1.807, 2.05) is 0 Å². The van der Waals surface area contributed by atoms with Crippen LogP contribution in [0.5, 0.6) is 0 Å². The maximum absolute atomic E-state index is 13.3. The lowest BCUT2D eigenvalue weighted by atomic mass is 10.1. The molecule has 0 aliphatic heterocycles. The molecule has 0 saturated carbocycles. The highest BCUT2D eigenvalue weighted by Crippen LogP contribution is 2.43. The summed E-state index contributed by atoms with van der Waals surface area (Å²) in [7, 11) is 0. The molecule has 4 aromatic carbocycles. The molecule has 0 aliphatic carbocycles. The first-order valence-corrected chi connectivity index (χ1v) is 9.93. The number of thiophene rings is 1. The van der Waals surface area contributed by atoms with Crippen molar-refractivity contribution in [3.8, 4) is 12.4 Å². The van der Waals surface area contributed by atoms with Crippen molar-refractivity contribution < 1.29 is 26.3 Å². The molecule has 1 heterocycles. The van der Waals surface area contributed by atoms with Gasteiger partial charge in [-0.1, -0.05) is 12.1 Å². The summed E-state index contributed by atoms with van der Waals surface area (Å²) in [6.45, 7) is 0. The number of nitriles is 2. The van der Waals surface area contributed by atoms with Crippen molar-refractivity contribution in [2.45, 2.75) is 12.4 Å². The van der Waals surface area contributed by atoms with E-state index in [4.69, 9.17) is 10.5 Å². The Balaban J connectivity index is 2.03. The van der Waals surface area contributed by atoms with Gasteiger partial charge in [-0.15, -0.1) is 11.3 Å². The van der Waals surface area contributed by atoms with Crippen LogP contribution in [0.1, 0.15) is 11.1 Å². The van der Waals surface area contributed by atoms with Gasteiger partial charge in [-0.25, -0.2) is 0 Å². The second kappa shape index (κ2) is 6.77. The number of alkyl halides is 6. The van der Waals surface area contributed by atoms with Crippen molar-refractivity contribution in [3.63, 3.8) is 0 Å². The molecular formula is C22H6F6N4S. The van der Waals surface area contributed by atoms with Crippen molar-refractivity contribution >= 4 is 53.1 Å². The molecule has 0 saturated heterocycles. The number of hydrogen-bond acceptors (Lipinski definition) is 5. The Kier molecular flexibility index (Phi) is 4.29. The van der Waals surface area contributed by atoms with Crippen LogP contribution in [0.15, 0.2) is 46.4 Å². The average Bonchev–Trinajstić information content (AvgIpc) is 3.35. The number of benzene rings is 2. The fourth-order valence-corrected chi connectivity index (χ4v) is 5.45. The fraction of sp³-hybridized carbons (Fsp3) is 0.0909. The molecule has 0 aliphatic rings. The van der Waals surface area contributed by atoms with Gasteiger partial charge >= 0.3 is 12.4 Å². The van der Waals surface area contributed by atoms with Gasteiger partial charge in [0.15, 0.2) is 0 Å². The molecule has 33 heavy (non-hydrogen) atoms. The molecule has 0 amide bonds. The van der Waals surface area contributed by atoms with E-state index in [9.17, 15) is 26.3 Å². The Hall–Kier alpha value is -3.96. The third kappa shape index (κ3) is 2.97. The van der Waals surface area contributed by atoms with Crippen LogP contribution in [-0.4, -0.2) is 0 Å². The smallest absolute Gasteiger partial charge is 0.172 e. The van der Waals surface area contributed by atoms with E-state index >= 15 is 0 Å². The van der Waals surface area contributed by atoms with Crippen LogP contribution >= 0.6 is 11.3 Å². The molecule has 5 aromatic rings. The van der Waals surface area contributed by atoms with Crippen LogP contribution in [0.2, 0.25) is 0 Å². The minimum Gasteiger partial charge on any atom is -0.172 e. The summed E-state index contributed by atoms with van der Waals surface area (Å²) < 4.78 is 80.4. The van der Waals surface area contributed by atoms with Gasteiger partial charge in [-0.3, -0.25) is 0 Å². The van der Waals surface area contributed by atoms with E-state index in [0.717, 1.165) is 35.6 Å². The third-order valence-electron chi connectivity index (χ3n) is 5.40. The molecule has 0 radical (unpaired) electrons. The molecule has 0 bridgehead atoms. The maximum atomic E-state index is 13.3. The first-order chi connectivity index (χ1) is 15.6. The van der Waals surface area contributed by atoms with Crippen LogP contribution < -0.4 is 10.7 Å². The monoisotopic (exact) mass is 472 g/mol. The summed E-state index contributed by atoms with van der Waals surface area (Å²) in [5.74, 6) is 0. The molecule has 0 spiro atoms. The molecule has 4 nitrogen and oxygen atoms in total. The van der Waals surface area contributed by atoms with Crippen LogP contribution in [0.3, 0.4) is 0 Å². The molecule has 5 rings (SSSR count). The summed E-state index contributed by atoms with van der Waals surface area (Å²) in [5, 5.41) is 20.2. The average molecular weight is 472 g/mol. The van der Waals surface area contributed by atoms with Gasteiger partial charge in [0, 0.05) is 21.5 Å². The lowest BCUT2D eigenvalue weighted by Crippen LogP contribution is -2.06. The Bertz CT molecular complexity index is 1680. The molecule has 162 valence electrons. The number of nitrogens with zero attached hydrogens (tertiary/aromatic N) is 4. The fourth-order valence-electron chi connectivity index (χ4n) is 4.11. The molecule has 0 atom stereocenters. The largest absolute Gasteiger partial charge is 0.416 e. The summed E-state index contributed by atoms with van der Waals surface area (Å²) in [5.41, 5.74) is -1.83. The zero-order valence-electron chi connectivity index (χ0n) is 15.9. The second-order valence-corrected chi connectivity index (χ2v) is 8.17. The molecule has 11 heteroatoms. The van der Waals surface area contributed by atoms with Crippen molar-refractivity contribution in [2.24, 2.45) is 9.98 Å². The molecule has 0 N–H and O–H groups in total. The maximum Gasteiger partial charge on any atom is 0.416 e. The van der Waals surface area contributed by atoms with E-state index in [1.54, 1.807) is 12.4 Å². The van der Waals surface area contributed by atoms with Gasteiger partial charge in [0.25, 0.3) is 0 Å². The van der Waals surface area contributed by atoms with E-state index in [-0.39, 0.29) is 21.5 Å². The molecule has 1 aromatic heterocycles. The Morgan fingerprint density at radius 1 is 0.636 bits per heavy atom. The Labute approximate surface area is 183 Å². The van der Waals surface area contributed by atoms with E-state index in [2.05, 4.69) is 9.98 Å². The highest BCUT2D eigenvalue weighted by Gasteiger charge is 2.33. The van der Waals surface area contributed by atoms with Crippen LogP contribution in [-0.2, 0) is 12.4 Å². The molecule has 0 fully saturated rings. The highest BCUT2D eigenvalue weighted by molar-refractivity contribution is 7.26. The number of halogens is 6. The van der Waals surface area contributed by atoms with Gasteiger partial charge < -0.3 is 0 Å². The highest BCUT2D eigenvalue weighted by atomic mass is 32.1. The predicted octanol–water partition coefficient (Wildman–Crippen LogP) is 6.04. The number of rotatable bonds is 0. The predicted molar refractivity (Wildman–Crippen MR) is 109 cm³/mol. The van der Waals surface area contributed by atoms with Crippen LogP contribution in [0, 0.1) is 22.9 Å².